The Balaban J connectivity index is 2.80. The number of hydrogen-bond donors (Lipinski definition) is 1. The third-order valence-corrected chi connectivity index (χ3v) is 1.55. The molecule has 1 rings (SSSR count). The van der Waals surface area contributed by atoms with Crippen LogP contribution in [0.15, 0.2) is 12.1 Å². The fourth-order valence-electron chi connectivity index (χ4n) is 0.731. The number of aliphatic carboxylic acids is 1. The van der Waals surface area contributed by atoms with E-state index in [0.717, 1.165) is 0 Å². The second-order valence-corrected chi connectivity index (χ2v) is 2.64. The predicted octanol–water partition coefficient (Wildman–Crippen LogP) is 1.07. The highest BCUT2D eigenvalue weighted by atomic mass is 35.5. The summed E-state index contributed by atoms with van der Waals surface area (Å²) in [6.45, 7) is -0.493. The summed E-state index contributed by atoms with van der Waals surface area (Å²) in [6, 6.07) is 4.58. The van der Waals surface area contributed by atoms with Crippen molar-refractivity contribution in [1.29, 1.82) is 5.26 Å². The number of carboxylic acid groups (broad SMARTS) is 1. The molecule has 6 heteroatoms. The van der Waals surface area contributed by atoms with E-state index < -0.39 is 12.6 Å². The van der Waals surface area contributed by atoms with Crippen LogP contribution in [0.5, 0.6) is 5.75 Å². The van der Waals surface area contributed by atoms with E-state index in [4.69, 9.17) is 26.7 Å². The van der Waals surface area contributed by atoms with Gasteiger partial charge in [0.1, 0.15) is 11.8 Å². The number of nitrogens with zero attached hydrogens (tertiary/aromatic N) is 2. The van der Waals surface area contributed by atoms with Crippen molar-refractivity contribution in [2.45, 2.75) is 0 Å². The van der Waals surface area contributed by atoms with Crippen LogP contribution in [-0.4, -0.2) is 22.7 Å². The lowest BCUT2D eigenvalue weighted by Gasteiger charge is -2.03. The van der Waals surface area contributed by atoms with Crippen LogP contribution in [0.25, 0.3) is 0 Å². The van der Waals surface area contributed by atoms with Gasteiger partial charge in [0.2, 0.25) is 0 Å². The van der Waals surface area contributed by atoms with Crippen molar-refractivity contribution in [3.63, 3.8) is 0 Å². The summed E-state index contributed by atoms with van der Waals surface area (Å²) in [5.74, 6) is -0.960. The van der Waals surface area contributed by atoms with Crippen molar-refractivity contribution in [3.8, 4) is 11.8 Å². The van der Waals surface area contributed by atoms with E-state index in [9.17, 15) is 4.79 Å². The number of hydrogen-bond acceptors (Lipinski definition) is 4. The average molecular weight is 213 g/mol. The van der Waals surface area contributed by atoms with Gasteiger partial charge < -0.3 is 9.84 Å². The monoisotopic (exact) mass is 212 g/mol. The molecule has 0 aliphatic heterocycles. The zero-order valence-electron chi connectivity index (χ0n) is 6.90. The van der Waals surface area contributed by atoms with Gasteiger partial charge in [-0.05, 0) is 12.1 Å². The fraction of sp³-hybridized carbons (Fsp3) is 0.125. The SMILES string of the molecule is N#Cc1ccc(OCC(=O)O)c(Cl)n1. The largest absolute Gasteiger partial charge is 0.479 e. The molecule has 0 amide bonds. The maximum Gasteiger partial charge on any atom is 0.341 e. The van der Waals surface area contributed by atoms with E-state index >= 15 is 0 Å². The molecule has 1 aromatic heterocycles. The van der Waals surface area contributed by atoms with Crippen LogP contribution in [0, 0.1) is 11.3 Å². The lowest BCUT2D eigenvalue weighted by molar-refractivity contribution is -0.139. The van der Waals surface area contributed by atoms with Gasteiger partial charge in [-0.3, -0.25) is 0 Å². The van der Waals surface area contributed by atoms with Gasteiger partial charge in [-0.25, -0.2) is 9.78 Å². The molecule has 0 aliphatic carbocycles. The molecule has 0 spiro atoms. The third-order valence-electron chi connectivity index (χ3n) is 1.28. The number of pyridine rings is 1. The molecule has 1 heterocycles. The number of rotatable bonds is 3. The summed E-state index contributed by atoms with van der Waals surface area (Å²) in [5, 5.41) is 16.8. The van der Waals surface area contributed by atoms with Crippen molar-refractivity contribution >= 4 is 17.6 Å². The van der Waals surface area contributed by atoms with E-state index in [-0.39, 0.29) is 16.6 Å². The first-order valence-corrected chi connectivity index (χ1v) is 3.92. The Kier molecular flexibility index (Phi) is 3.26. The van der Waals surface area contributed by atoms with E-state index in [1.54, 1.807) is 6.07 Å². The molecule has 0 aromatic carbocycles. The molecule has 0 fully saturated rings. The van der Waals surface area contributed by atoms with Gasteiger partial charge in [0, 0.05) is 0 Å². The molecule has 5 nitrogen and oxygen atoms in total. The summed E-state index contributed by atoms with van der Waals surface area (Å²) in [7, 11) is 0. The van der Waals surface area contributed by atoms with Crippen LogP contribution < -0.4 is 4.74 Å². The predicted molar refractivity (Wildman–Crippen MR) is 47.1 cm³/mol. The number of aromatic nitrogens is 1. The fourth-order valence-corrected chi connectivity index (χ4v) is 0.940. The van der Waals surface area contributed by atoms with E-state index in [1.165, 1.54) is 12.1 Å². The Morgan fingerprint density at radius 2 is 2.43 bits per heavy atom. The van der Waals surface area contributed by atoms with Gasteiger partial charge in [0.15, 0.2) is 17.5 Å². The molecule has 1 aromatic rings. The number of halogens is 1. The molecule has 1 N–H and O–H groups in total. The minimum Gasteiger partial charge on any atom is -0.479 e. The Bertz CT molecular complexity index is 400. The molecular formula is C8H5ClN2O3. The summed E-state index contributed by atoms with van der Waals surface area (Å²) in [6.07, 6.45) is 0. The highest BCUT2D eigenvalue weighted by Gasteiger charge is 2.06. The van der Waals surface area contributed by atoms with Crippen molar-refractivity contribution in [2.24, 2.45) is 0 Å². The van der Waals surface area contributed by atoms with Crippen molar-refractivity contribution < 1.29 is 14.6 Å². The van der Waals surface area contributed by atoms with Gasteiger partial charge in [0.25, 0.3) is 0 Å². The average Bonchev–Trinajstić information content (AvgIpc) is 2.15. The molecular weight excluding hydrogens is 208 g/mol. The van der Waals surface area contributed by atoms with E-state index in [2.05, 4.69) is 4.98 Å². The Morgan fingerprint density at radius 1 is 1.71 bits per heavy atom. The smallest absolute Gasteiger partial charge is 0.341 e. The van der Waals surface area contributed by atoms with Crippen LogP contribution >= 0.6 is 11.6 Å². The van der Waals surface area contributed by atoms with Crippen LogP contribution in [0.2, 0.25) is 5.15 Å². The molecule has 0 radical (unpaired) electrons. The zero-order chi connectivity index (χ0) is 10.6. The first kappa shape index (κ1) is 10.3. The lowest BCUT2D eigenvalue weighted by Crippen LogP contribution is -2.09. The van der Waals surface area contributed by atoms with Gasteiger partial charge in [-0.1, -0.05) is 11.6 Å². The molecule has 0 unspecified atom stereocenters. The molecule has 14 heavy (non-hydrogen) atoms. The second kappa shape index (κ2) is 4.44. The standard InChI is InChI=1S/C8H5ClN2O3/c9-8-6(14-4-7(12)13)2-1-5(3-10)11-8/h1-2H,4H2,(H,12,13). The molecule has 0 saturated carbocycles. The zero-order valence-corrected chi connectivity index (χ0v) is 7.65. The van der Waals surface area contributed by atoms with Crippen molar-refractivity contribution in [3.05, 3.63) is 23.0 Å². The van der Waals surface area contributed by atoms with Gasteiger partial charge >= 0.3 is 5.97 Å². The minimum absolute atomic E-state index is 0.0229. The van der Waals surface area contributed by atoms with Crippen molar-refractivity contribution in [1.82, 2.24) is 4.98 Å². The number of carboxylic acids is 1. The lowest BCUT2D eigenvalue weighted by atomic mass is 10.4. The van der Waals surface area contributed by atoms with Crippen LogP contribution in [0.4, 0.5) is 0 Å². The molecule has 0 saturated heterocycles. The highest BCUT2D eigenvalue weighted by Crippen LogP contribution is 2.21. The molecule has 0 atom stereocenters. The first-order valence-electron chi connectivity index (χ1n) is 3.54. The van der Waals surface area contributed by atoms with Gasteiger partial charge in [-0.15, -0.1) is 0 Å². The summed E-state index contributed by atoms with van der Waals surface area (Å²) < 4.78 is 4.79. The topological polar surface area (TPSA) is 83.2 Å². The van der Waals surface area contributed by atoms with E-state index in [1.807, 2.05) is 0 Å². The number of nitriles is 1. The van der Waals surface area contributed by atoms with Crippen LogP contribution in [-0.2, 0) is 4.79 Å². The van der Waals surface area contributed by atoms with Crippen LogP contribution in [0.3, 0.4) is 0 Å². The van der Waals surface area contributed by atoms with Gasteiger partial charge in [-0.2, -0.15) is 5.26 Å². The van der Waals surface area contributed by atoms with Crippen molar-refractivity contribution in [2.75, 3.05) is 6.61 Å². The Morgan fingerprint density at radius 3 is 2.93 bits per heavy atom. The number of ether oxygens (including phenoxy) is 1. The normalized spacial score (nSPS) is 9.14. The Hall–Kier alpha value is -1.80. The first-order chi connectivity index (χ1) is 6.63. The highest BCUT2D eigenvalue weighted by molar-refractivity contribution is 6.30. The third kappa shape index (κ3) is 2.61. The number of carbonyl (C=O) groups is 1. The summed E-state index contributed by atoms with van der Waals surface area (Å²) in [4.78, 5) is 13.8. The maximum absolute atomic E-state index is 10.2. The molecule has 0 aliphatic rings. The maximum atomic E-state index is 10.2. The summed E-state index contributed by atoms with van der Waals surface area (Å²) >= 11 is 5.61. The molecule has 72 valence electrons. The van der Waals surface area contributed by atoms with Crippen LogP contribution in [0.1, 0.15) is 5.69 Å². The summed E-state index contributed by atoms with van der Waals surface area (Å²) in [5.41, 5.74) is 0.151. The second-order valence-electron chi connectivity index (χ2n) is 2.28. The quantitative estimate of drug-likeness (QED) is 0.758. The van der Waals surface area contributed by atoms with E-state index in [0.29, 0.717) is 0 Å². The molecule has 0 bridgehead atoms. The minimum atomic E-state index is -1.11. The Labute approximate surface area is 84.5 Å². The van der Waals surface area contributed by atoms with Gasteiger partial charge in [0.05, 0.1) is 0 Å².